The third-order valence-corrected chi connectivity index (χ3v) is 5.11. The molecule has 1 aliphatic carbocycles. The Kier molecular flexibility index (Phi) is 4.66. The number of fused-ring (bicyclic) bond motifs is 1. The molecule has 2 nitrogen and oxygen atoms in total. The van der Waals surface area contributed by atoms with Gasteiger partial charge in [0.2, 0.25) is 5.91 Å². The molecule has 0 heterocycles. The Balaban J connectivity index is 1.55. The van der Waals surface area contributed by atoms with Crippen LogP contribution in [0.3, 0.4) is 0 Å². The summed E-state index contributed by atoms with van der Waals surface area (Å²) in [6, 6.07) is 14.3. The van der Waals surface area contributed by atoms with Crippen LogP contribution >= 0.6 is 27.7 Å². The van der Waals surface area contributed by atoms with Crippen molar-refractivity contribution in [2.24, 2.45) is 0 Å². The van der Waals surface area contributed by atoms with Crippen LogP contribution < -0.4 is 5.32 Å². The molecule has 0 fully saturated rings. The van der Waals surface area contributed by atoms with E-state index in [-0.39, 0.29) is 5.91 Å². The highest BCUT2D eigenvalue weighted by Gasteiger charge is 2.11. The first-order valence-electron chi connectivity index (χ1n) is 7.01. The fourth-order valence-electron chi connectivity index (χ4n) is 2.53. The number of hydrogen-bond acceptors (Lipinski definition) is 2. The van der Waals surface area contributed by atoms with E-state index in [9.17, 15) is 4.79 Å². The molecule has 0 atom stereocenters. The molecule has 1 amide bonds. The van der Waals surface area contributed by atoms with Gasteiger partial charge in [0, 0.05) is 15.1 Å². The molecule has 0 aromatic heterocycles. The number of rotatable bonds is 4. The first kappa shape index (κ1) is 14.7. The smallest absolute Gasteiger partial charge is 0.234 e. The van der Waals surface area contributed by atoms with Gasteiger partial charge in [0.15, 0.2) is 0 Å². The van der Waals surface area contributed by atoms with Gasteiger partial charge in [0.25, 0.3) is 0 Å². The lowest BCUT2D eigenvalue weighted by Crippen LogP contribution is -2.14. The summed E-state index contributed by atoms with van der Waals surface area (Å²) in [7, 11) is 0. The number of nitrogens with one attached hydrogen (secondary N) is 1. The highest BCUT2D eigenvalue weighted by molar-refractivity contribution is 9.10. The van der Waals surface area contributed by atoms with Gasteiger partial charge in [-0.15, -0.1) is 11.8 Å². The lowest BCUT2D eigenvalue weighted by atomic mass is 10.1. The van der Waals surface area contributed by atoms with Crippen LogP contribution in [-0.2, 0) is 17.6 Å². The van der Waals surface area contributed by atoms with Gasteiger partial charge in [-0.2, -0.15) is 0 Å². The number of amides is 1. The quantitative estimate of drug-likeness (QED) is 0.801. The summed E-state index contributed by atoms with van der Waals surface area (Å²) in [5, 5.41) is 2.98. The molecule has 0 saturated carbocycles. The van der Waals surface area contributed by atoms with Crippen LogP contribution in [0.4, 0.5) is 5.69 Å². The number of halogens is 1. The number of thioether (sulfide) groups is 1. The van der Waals surface area contributed by atoms with E-state index in [0.717, 1.165) is 21.5 Å². The summed E-state index contributed by atoms with van der Waals surface area (Å²) in [5.41, 5.74) is 3.72. The summed E-state index contributed by atoms with van der Waals surface area (Å²) in [4.78, 5) is 13.1. The second-order valence-electron chi connectivity index (χ2n) is 5.13. The number of carbonyl (C=O) groups is 1. The van der Waals surface area contributed by atoms with Gasteiger partial charge in [0.1, 0.15) is 0 Å². The predicted molar refractivity (Wildman–Crippen MR) is 92.0 cm³/mol. The van der Waals surface area contributed by atoms with E-state index in [2.05, 4.69) is 33.4 Å². The lowest BCUT2D eigenvalue weighted by Gasteiger charge is -2.07. The molecule has 0 unspecified atom stereocenters. The molecule has 1 N–H and O–H groups in total. The van der Waals surface area contributed by atoms with E-state index in [4.69, 9.17) is 0 Å². The molecule has 1 aliphatic rings. The standard InChI is InChI=1S/C17H16BrNOS/c18-14-5-8-16(9-6-14)21-11-17(20)19-15-7-4-12-2-1-3-13(12)10-15/h4-10H,1-3,11H2,(H,19,20). The first-order chi connectivity index (χ1) is 10.2. The number of carbonyl (C=O) groups excluding carboxylic acids is 1. The number of aryl methyl sites for hydroxylation is 2. The highest BCUT2D eigenvalue weighted by atomic mass is 79.9. The Morgan fingerprint density at radius 2 is 1.86 bits per heavy atom. The van der Waals surface area contributed by atoms with Crippen LogP contribution in [-0.4, -0.2) is 11.7 Å². The van der Waals surface area contributed by atoms with Gasteiger partial charge in [-0.3, -0.25) is 4.79 Å². The van der Waals surface area contributed by atoms with Crippen LogP contribution in [0.2, 0.25) is 0 Å². The summed E-state index contributed by atoms with van der Waals surface area (Å²) < 4.78 is 1.05. The van der Waals surface area contributed by atoms with E-state index < -0.39 is 0 Å². The number of benzene rings is 2. The second-order valence-corrected chi connectivity index (χ2v) is 7.09. The van der Waals surface area contributed by atoms with Crippen LogP contribution in [0.5, 0.6) is 0 Å². The first-order valence-corrected chi connectivity index (χ1v) is 8.78. The third kappa shape index (κ3) is 3.89. The molecule has 0 spiro atoms. The zero-order valence-electron chi connectivity index (χ0n) is 11.6. The number of hydrogen-bond donors (Lipinski definition) is 1. The predicted octanol–water partition coefficient (Wildman–Crippen LogP) is 4.67. The van der Waals surface area contributed by atoms with Crippen molar-refractivity contribution in [1.29, 1.82) is 0 Å². The molecular formula is C17H16BrNOS. The third-order valence-electron chi connectivity index (χ3n) is 3.57. The van der Waals surface area contributed by atoms with Gasteiger partial charge >= 0.3 is 0 Å². The van der Waals surface area contributed by atoms with Crippen molar-refractivity contribution < 1.29 is 4.79 Å². The molecule has 2 aromatic rings. The van der Waals surface area contributed by atoms with Gasteiger partial charge in [-0.1, -0.05) is 22.0 Å². The SMILES string of the molecule is O=C(CSc1ccc(Br)cc1)Nc1ccc2c(c1)CCC2. The maximum Gasteiger partial charge on any atom is 0.234 e. The van der Waals surface area contributed by atoms with Gasteiger partial charge in [0.05, 0.1) is 5.75 Å². The highest BCUT2D eigenvalue weighted by Crippen LogP contribution is 2.25. The van der Waals surface area contributed by atoms with Gasteiger partial charge < -0.3 is 5.32 Å². The van der Waals surface area contributed by atoms with E-state index in [1.165, 1.54) is 24.0 Å². The fourth-order valence-corrected chi connectivity index (χ4v) is 3.49. The Morgan fingerprint density at radius 3 is 2.67 bits per heavy atom. The molecular weight excluding hydrogens is 346 g/mol. The maximum atomic E-state index is 12.0. The largest absolute Gasteiger partial charge is 0.325 e. The van der Waals surface area contributed by atoms with Gasteiger partial charge in [-0.25, -0.2) is 0 Å². The van der Waals surface area contributed by atoms with Crippen LogP contribution in [0.15, 0.2) is 51.8 Å². The second kappa shape index (κ2) is 6.67. The molecule has 0 aliphatic heterocycles. The van der Waals surface area contributed by atoms with Crippen molar-refractivity contribution in [1.82, 2.24) is 0 Å². The topological polar surface area (TPSA) is 29.1 Å². The Morgan fingerprint density at radius 1 is 1.10 bits per heavy atom. The van der Waals surface area contributed by atoms with Crippen molar-refractivity contribution in [3.63, 3.8) is 0 Å². The number of anilines is 1. The molecule has 2 aromatic carbocycles. The summed E-state index contributed by atoms with van der Waals surface area (Å²) in [6.45, 7) is 0. The molecule has 4 heteroatoms. The van der Waals surface area contributed by atoms with Crippen LogP contribution in [0, 0.1) is 0 Å². The summed E-state index contributed by atoms with van der Waals surface area (Å²) >= 11 is 4.95. The van der Waals surface area contributed by atoms with Crippen molar-refractivity contribution in [2.45, 2.75) is 24.2 Å². The van der Waals surface area contributed by atoms with Gasteiger partial charge in [-0.05, 0) is 66.8 Å². The summed E-state index contributed by atoms with van der Waals surface area (Å²) in [6.07, 6.45) is 3.53. The zero-order valence-corrected chi connectivity index (χ0v) is 14.0. The molecule has 0 saturated heterocycles. The van der Waals surface area contributed by atoms with E-state index in [1.807, 2.05) is 30.3 Å². The summed E-state index contributed by atoms with van der Waals surface area (Å²) in [5.74, 6) is 0.472. The Hall–Kier alpha value is -1.26. The van der Waals surface area contributed by atoms with Crippen molar-refractivity contribution in [3.8, 4) is 0 Å². The average Bonchev–Trinajstić information content (AvgIpc) is 2.94. The molecule has 0 bridgehead atoms. The van der Waals surface area contributed by atoms with E-state index >= 15 is 0 Å². The van der Waals surface area contributed by atoms with E-state index in [1.54, 1.807) is 11.8 Å². The fraction of sp³-hybridized carbons (Fsp3) is 0.235. The molecule has 0 radical (unpaired) electrons. The maximum absolute atomic E-state index is 12.0. The van der Waals surface area contributed by atoms with Crippen molar-refractivity contribution in [2.75, 3.05) is 11.1 Å². The van der Waals surface area contributed by atoms with Crippen molar-refractivity contribution in [3.05, 3.63) is 58.1 Å². The van der Waals surface area contributed by atoms with Crippen molar-refractivity contribution >= 4 is 39.3 Å². The van der Waals surface area contributed by atoms with Crippen LogP contribution in [0.25, 0.3) is 0 Å². The molecule has 108 valence electrons. The molecule has 21 heavy (non-hydrogen) atoms. The minimum absolute atomic E-state index is 0.0425. The lowest BCUT2D eigenvalue weighted by molar-refractivity contribution is -0.113. The zero-order chi connectivity index (χ0) is 14.7. The average molecular weight is 362 g/mol. The Labute approximate surface area is 137 Å². The Bertz CT molecular complexity index is 654. The van der Waals surface area contributed by atoms with E-state index in [0.29, 0.717) is 5.75 Å². The monoisotopic (exact) mass is 361 g/mol. The normalized spacial score (nSPS) is 13.0. The van der Waals surface area contributed by atoms with Crippen LogP contribution in [0.1, 0.15) is 17.5 Å². The molecule has 3 rings (SSSR count). The minimum atomic E-state index is 0.0425. The minimum Gasteiger partial charge on any atom is -0.325 e.